The first-order valence-electron chi connectivity index (χ1n) is 5.91. The second-order valence-electron chi connectivity index (χ2n) is 4.00. The van der Waals surface area contributed by atoms with Gasteiger partial charge in [-0.2, -0.15) is 0 Å². The van der Waals surface area contributed by atoms with Crippen molar-refractivity contribution in [2.45, 2.75) is 13.2 Å². The fourth-order valence-electron chi connectivity index (χ4n) is 1.63. The molecule has 0 bridgehead atoms. The number of hydrogen-bond donors (Lipinski definition) is 2. The summed E-state index contributed by atoms with van der Waals surface area (Å²) in [4.78, 5) is 11.8. The van der Waals surface area contributed by atoms with Gasteiger partial charge >= 0.3 is 6.03 Å². The molecule has 0 spiro atoms. The van der Waals surface area contributed by atoms with E-state index in [9.17, 15) is 4.79 Å². The molecule has 2 rings (SSSR count). The highest BCUT2D eigenvalue weighted by Gasteiger charge is 2.09. The van der Waals surface area contributed by atoms with Gasteiger partial charge in [-0.3, -0.25) is 0 Å². The van der Waals surface area contributed by atoms with E-state index in [2.05, 4.69) is 36.2 Å². The number of nitrogens with zero attached hydrogens (tertiary/aromatic N) is 1. The van der Waals surface area contributed by atoms with Crippen LogP contribution in [0, 0.1) is 0 Å². The van der Waals surface area contributed by atoms with Gasteiger partial charge in [-0.1, -0.05) is 27.2 Å². The van der Waals surface area contributed by atoms with E-state index >= 15 is 0 Å². The highest BCUT2D eigenvalue weighted by Crippen LogP contribution is 2.25. The number of halogens is 1. The van der Waals surface area contributed by atoms with Crippen molar-refractivity contribution in [2.75, 3.05) is 12.4 Å². The van der Waals surface area contributed by atoms with Gasteiger partial charge in [-0.05, 0) is 12.1 Å². The monoisotopic (exact) mass is 339 g/mol. The Morgan fingerprint density at radius 2 is 2.30 bits per heavy atom. The lowest BCUT2D eigenvalue weighted by Crippen LogP contribution is -2.28. The molecule has 1 heterocycles. The maximum atomic E-state index is 11.8. The fraction of sp³-hybridized carbons (Fsp3) is 0.231. The molecule has 0 aliphatic rings. The number of aromatic nitrogens is 1. The van der Waals surface area contributed by atoms with Gasteiger partial charge in [0, 0.05) is 28.9 Å². The SMILES string of the molecule is COCc1c(Br)cccc1NC(=O)NCc1ccon1. The third kappa shape index (κ3) is 3.82. The van der Waals surface area contributed by atoms with E-state index in [1.54, 1.807) is 13.2 Å². The molecule has 7 heteroatoms. The minimum atomic E-state index is -0.316. The Hall–Kier alpha value is -1.86. The van der Waals surface area contributed by atoms with E-state index < -0.39 is 0 Å². The largest absolute Gasteiger partial charge is 0.380 e. The number of urea groups is 1. The number of amides is 2. The van der Waals surface area contributed by atoms with Crippen LogP contribution >= 0.6 is 15.9 Å². The molecule has 0 atom stereocenters. The van der Waals surface area contributed by atoms with Crippen LogP contribution in [0.15, 0.2) is 39.5 Å². The Balaban J connectivity index is 1.98. The van der Waals surface area contributed by atoms with Gasteiger partial charge in [0.2, 0.25) is 0 Å². The lowest BCUT2D eigenvalue weighted by atomic mass is 10.2. The Morgan fingerprint density at radius 1 is 1.45 bits per heavy atom. The van der Waals surface area contributed by atoms with Crippen LogP contribution in [-0.2, 0) is 17.9 Å². The molecule has 2 aromatic rings. The first-order chi connectivity index (χ1) is 9.70. The Morgan fingerprint density at radius 3 is 3.00 bits per heavy atom. The minimum absolute atomic E-state index is 0.302. The highest BCUT2D eigenvalue weighted by molar-refractivity contribution is 9.10. The zero-order valence-electron chi connectivity index (χ0n) is 10.9. The molecule has 6 nitrogen and oxygen atoms in total. The molecule has 0 aliphatic heterocycles. The summed E-state index contributed by atoms with van der Waals surface area (Å²) >= 11 is 3.43. The van der Waals surface area contributed by atoms with Crippen LogP contribution in [0.25, 0.3) is 0 Å². The standard InChI is InChI=1S/C13H14BrN3O3/c1-19-8-10-11(14)3-2-4-12(10)16-13(18)15-7-9-5-6-20-17-9/h2-6H,7-8H2,1H3,(H2,15,16,18). The van der Waals surface area contributed by atoms with E-state index in [-0.39, 0.29) is 6.03 Å². The van der Waals surface area contributed by atoms with E-state index in [0.29, 0.717) is 24.5 Å². The number of benzene rings is 1. The summed E-state index contributed by atoms with van der Waals surface area (Å²) in [6, 6.07) is 6.93. The molecule has 2 N–H and O–H groups in total. The van der Waals surface area contributed by atoms with Crippen molar-refractivity contribution in [3.05, 3.63) is 46.3 Å². The molecule has 2 amide bonds. The number of carbonyl (C=O) groups is 1. The Kier molecular flexibility index (Phi) is 5.14. The van der Waals surface area contributed by atoms with Crippen LogP contribution in [0.2, 0.25) is 0 Å². The van der Waals surface area contributed by atoms with Crippen molar-refractivity contribution in [1.29, 1.82) is 0 Å². The molecule has 0 radical (unpaired) electrons. The Labute approximate surface area is 124 Å². The number of ether oxygens (including phenoxy) is 1. The third-order valence-corrected chi connectivity index (χ3v) is 3.32. The summed E-state index contributed by atoms with van der Waals surface area (Å²) < 4.78 is 10.7. The van der Waals surface area contributed by atoms with E-state index in [0.717, 1.165) is 10.0 Å². The zero-order chi connectivity index (χ0) is 14.4. The summed E-state index contributed by atoms with van der Waals surface area (Å²) in [5, 5.41) is 9.19. The summed E-state index contributed by atoms with van der Waals surface area (Å²) in [6.45, 7) is 0.705. The van der Waals surface area contributed by atoms with Crippen LogP contribution in [0.4, 0.5) is 10.5 Å². The van der Waals surface area contributed by atoms with Crippen LogP contribution < -0.4 is 10.6 Å². The van der Waals surface area contributed by atoms with E-state index in [4.69, 9.17) is 4.74 Å². The average molecular weight is 340 g/mol. The van der Waals surface area contributed by atoms with Crippen molar-refractivity contribution >= 4 is 27.6 Å². The fourth-order valence-corrected chi connectivity index (χ4v) is 2.11. The molecular formula is C13H14BrN3O3. The van der Waals surface area contributed by atoms with Gasteiger partial charge in [0.1, 0.15) is 12.0 Å². The number of anilines is 1. The molecule has 0 saturated carbocycles. The van der Waals surface area contributed by atoms with Gasteiger partial charge in [0.05, 0.1) is 13.2 Å². The number of rotatable bonds is 5. The third-order valence-electron chi connectivity index (χ3n) is 2.58. The number of nitrogens with one attached hydrogen (secondary N) is 2. The lowest BCUT2D eigenvalue weighted by Gasteiger charge is -2.12. The number of carbonyl (C=O) groups excluding carboxylic acids is 1. The lowest BCUT2D eigenvalue weighted by molar-refractivity contribution is 0.185. The Bertz CT molecular complexity index is 572. The van der Waals surface area contributed by atoms with Gasteiger partial charge < -0.3 is 19.9 Å². The van der Waals surface area contributed by atoms with Crippen LogP contribution in [0.3, 0.4) is 0 Å². The average Bonchev–Trinajstić information content (AvgIpc) is 2.94. The van der Waals surface area contributed by atoms with Crippen molar-refractivity contribution in [3.63, 3.8) is 0 Å². The number of hydrogen-bond acceptors (Lipinski definition) is 4. The molecule has 106 valence electrons. The van der Waals surface area contributed by atoms with Crippen molar-refractivity contribution in [3.8, 4) is 0 Å². The second-order valence-corrected chi connectivity index (χ2v) is 4.85. The summed E-state index contributed by atoms with van der Waals surface area (Å²) in [7, 11) is 1.61. The van der Waals surface area contributed by atoms with Crippen molar-refractivity contribution in [2.24, 2.45) is 0 Å². The summed E-state index contributed by atoms with van der Waals surface area (Å²) in [5.74, 6) is 0. The van der Waals surface area contributed by atoms with E-state index in [1.807, 2.05) is 18.2 Å². The molecule has 0 unspecified atom stereocenters. The van der Waals surface area contributed by atoms with E-state index in [1.165, 1.54) is 6.26 Å². The highest BCUT2D eigenvalue weighted by atomic mass is 79.9. The predicted octanol–water partition coefficient (Wildman–Crippen LogP) is 2.91. The molecule has 20 heavy (non-hydrogen) atoms. The van der Waals surface area contributed by atoms with Crippen LogP contribution in [0.5, 0.6) is 0 Å². The molecule has 0 fully saturated rings. The van der Waals surface area contributed by atoms with Crippen molar-refractivity contribution < 1.29 is 14.1 Å². The molecule has 0 saturated heterocycles. The zero-order valence-corrected chi connectivity index (χ0v) is 12.4. The quantitative estimate of drug-likeness (QED) is 0.878. The first-order valence-corrected chi connectivity index (χ1v) is 6.70. The second kappa shape index (κ2) is 7.06. The van der Waals surface area contributed by atoms with Gasteiger partial charge in [-0.25, -0.2) is 4.79 Å². The topological polar surface area (TPSA) is 76.4 Å². The summed E-state index contributed by atoms with van der Waals surface area (Å²) in [5.41, 5.74) is 2.23. The molecule has 1 aromatic heterocycles. The predicted molar refractivity (Wildman–Crippen MR) is 77.2 cm³/mol. The first kappa shape index (κ1) is 14.5. The van der Waals surface area contributed by atoms with Gasteiger partial charge in [0.15, 0.2) is 0 Å². The summed E-state index contributed by atoms with van der Waals surface area (Å²) in [6.07, 6.45) is 1.46. The normalized spacial score (nSPS) is 10.3. The minimum Gasteiger partial charge on any atom is -0.380 e. The molecule has 1 aromatic carbocycles. The number of methoxy groups -OCH3 is 1. The smallest absolute Gasteiger partial charge is 0.319 e. The van der Waals surface area contributed by atoms with Gasteiger partial charge in [0.25, 0.3) is 0 Å². The maximum absolute atomic E-state index is 11.8. The molecule has 0 aliphatic carbocycles. The molecular weight excluding hydrogens is 326 g/mol. The van der Waals surface area contributed by atoms with Crippen LogP contribution in [-0.4, -0.2) is 18.3 Å². The van der Waals surface area contributed by atoms with Gasteiger partial charge in [-0.15, -0.1) is 0 Å². The van der Waals surface area contributed by atoms with Crippen LogP contribution in [0.1, 0.15) is 11.3 Å². The van der Waals surface area contributed by atoms with Crippen molar-refractivity contribution in [1.82, 2.24) is 10.5 Å². The maximum Gasteiger partial charge on any atom is 0.319 e.